The molecule has 8 heteroatoms. The van der Waals surface area contributed by atoms with Crippen molar-refractivity contribution in [3.8, 4) is 0 Å². The van der Waals surface area contributed by atoms with Gasteiger partial charge in [0.1, 0.15) is 18.7 Å². The number of aromatic nitrogens is 4. The highest BCUT2D eigenvalue weighted by Gasteiger charge is 2.15. The minimum absolute atomic E-state index is 0.0597. The van der Waals surface area contributed by atoms with E-state index in [0.717, 1.165) is 29.9 Å². The summed E-state index contributed by atoms with van der Waals surface area (Å²) in [5.74, 6) is 0.640. The molecule has 1 aromatic carbocycles. The van der Waals surface area contributed by atoms with E-state index >= 15 is 0 Å². The molecule has 7 nitrogen and oxygen atoms in total. The van der Waals surface area contributed by atoms with Crippen LogP contribution in [-0.2, 0) is 11.3 Å². The zero-order valence-corrected chi connectivity index (χ0v) is 15.8. The maximum atomic E-state index is 12.4. The average Bonchev–Trinajstić information content (AvgIpc) is 3.04. The molecule has 0 atom stereocenters. The molecule has 2 heterocycles. The fraction of sp³-hybridized carbons (Fsp3) is 0.333. The van der Waals surface area contributed by atoms with Crippen LogP contribution in [0.1, 0.15) is 19.4 Å². The van der Waals surface area contributed by atoms with E-state index in [1.807, 2.05) is 13.0 Å². The monoisotopic (exact) mass is 372 g/mol. The van der Waals surface area contributed by atoms with Crippen molar-refractivity contribution >= 4 is 40.0 Å². The molecule has 1 amide bonds. The summed E-state index contributed by atoms with van der Waals surface area (Å²) in [4.78, 5) is 23.3. The Bertz CT molecular complexity index is 935. The van der Waals surface area contributed by atoms with Crippen LogP contribution in [0.3, 0.4) is 0 Å². The highest BCUT2D eigenvalue weighted by molar-refractivity contribution is 6.31. The summed E-state index contributed by atoms with van der Waals surface area (Å²) in [6.45, 7) is 7.74. The van der Waals surface area contributed by atoms with Gasteiger partial charge in [0.2, 0.25) is 5.91 Å². The van der Waals surface area contributed by atoms with Crippen LogP contribution >= 0.6 is 11.6 Å². The van der Waals surface area contributed by atoms with E-state index < -0.39 is 0 Å². The fourth-order valence-corrected chi connectivity index (χ4v) is 3.01. The number of carbonyl (C=O) groups is 1. The minimum Gasteiger partial charge on any atom is -0.356 e. The molecule has 0 bridgehead atoms. The number of fused-ring (bicyclic) bond motifs is 1. The van der Waals surface area contributed by atoms with Crippen molar-refractivity contribution in [2.45, 2.75) is 27.3 Å². The summed E-state index contributed by atoms with van der Waals surface area (Å²) >= 11 is 6.10. The summed E-state index contributed by atoms with van der Waals surface area (Å²) in [6, 6.07) is 5.41. The Balaban J connectivity index is 1.84. The third kappa shape index (κ3) is 3.48. The Kier molecular flexibility index (Phi) is 5.37. The lowest BCUT2D eigenvalue weighted by atomic mass is 10.2. The lowest BCUT2D eigenvalue weighted by Crippen LogP contribution is -2.23. The number of hydrogen-bond acceptors (Lipinski definition) is 5. The second-order valence-electron chi connectivity index (χ2n) is 5.87. The summed E-state index contributed by atoms with van der Waals surface area (Å²) < 4.78 is 1.58. The normalized spacial score (nSPS) is 10.9. The highest BCUT2D eigenvalue weighted by atomic mass is 35.5. The lowest BCUT2D eigenvalue weighted by Gasteiger charge is -2.19. The topological polar surface area (TPSA) is 75.9 Å². The molecule has 1 N–H and O–H groups in total. The third-order valence-electron chi connectivity index (χ3n) is 4.31. The number of rotatable bonds is 6. The summed E-state index contributed by atoms with van der Waals surface area (Å²) in [6.07, 6.45) is 3.22. The van der Waals surface area contributed by atoms with Gasteiger partial charge in [-0.25, -0.2) is 14.6 Å². The number of hydrogen-bond donors (Lipinski definition) is 1. The van der Waals surface area contributed by atoms with Gasteiger partial charge in [-0.1, -0.05) is 17.7 Å². The van der Waals surface area contributed by atoms with Crippen molar-refractivity contribution in [2.24, 2.45) is 0 Å². The van der Waals surface area contributed by atoms with Crippen LogP contribution in [0.5, 0.6) is 0 Å². The summed E-state index contributed by atoms with van der Waals surface area (Å²) in [5, 5.41) is 8.66. The highest BCUT2D eigenvalue weighted by Crippen LogP contribution is 2.24. The van der Waals surface area contributed by atoms with Gasteiger partial charge in [-0.3, -0.25) is 4.79 Å². The van der Waals surface area contributed by atoms with E-state index in [4.69, 9.17) is 11.6 Å². The molecule has 0 aliphatic rings. The standard InChI is InChI=1S/C18H21ClN6O/c1-4-24(5-2)17-13-9-22-25(18(13)21-11-20-17)10-16(26)23-15-8-6-7-14(19)12(15)3/h6-9,11H,4-5,10H2,1-3H3,(H,23,26). The first-order valence-corrected chi connectivity index (χ1v) is 8.89. The van der Waals surface area contributed by atoms with E-state index in [2.05, 4.69) is 39.1 Å². The molecule has 0 unspecified atom stereocenters. The van der Waals surface area contributed by atoms with Crippen molar-refractivity contribution in [1.82, 2.24) is 19.7 Å². The van der Waals surface area contributed by atoms with Crippen LogP contribution in [-0.4, -0.2) is 38.7 Å². The Labute approximate surface area is 157 Å². The van der Waals surface area contributed by atoms with Crippen LogP contribution in [0.25, 0.3) is 11.0 Å². The van der Waals surface area contributed by atoms with Gasteiger partial charge in [-0.2, -0.15) is 5.10 Å². The van der Waals surface area contributed by atoms with Crippen molar-refractivity contribution in [3.63, 3.8) is 0 Å². The molecular formula is C18H21ClN6O. The number of anilines is 2. The van der Waals surface area contributed by atoms with E-state index in [1.165, 1.54) is 6.33 Å². The quantitative estimate of drug-likeness (QED) is 0.718. The van der Waals surface area contributed by atoms with Crippen molar-refractivity contribution in [3.05, 3.63) is 41.3 Å². The van der Waals surface area contributed by atoms with Crippen LogP contribution in [0.4, 0.5) is 11.5 Å². The van der Waals surface area contributed by atoms with Crippen molar-refractivity contribution in [2.75, 3.05) is 23.3 Å². The first kappa shape index (κ1) is 18.1. The van der Waals surface area contributed by atoms with Gasteiger partial charge >= 0.3 is 0 Å². The molecule has 0 aliphatic carbocycles. The van der Waals surface area contributed by atoms with Crippen LogP contribution in [0.2, 0.25) is 5.02 Å². The molecule has 0 spiro atoms. The SMILES string of the molecule is CCN(CC)c1ncnc2c1cnn2CC(=O)Nc1cccc(Cl)c1C. The predicted molar refractivity (Wildman–Crippen MR) is 104 cm³/mol. The van der Waals surface area contributed by atoms with Gasteiger partial charge in [0, 0.05) is 23.8 Å². The van der Waals surface area contributed by atoms with Gasteiger partial charge in [0.25, 0.3) is 0 Å². The Morgan fingerprint density at radius 3 is 2.77 bits per heavy atom. The second-order valence-corrected chi connectivity index (χ2v) is 6.28. The molecular weight excluding hydrogens is 352 g/mol. The summed E-state index contributed by atoms with van der Waals surface area (Å²) in [7, 11) is 0. The molecule has 3 aromatic rings. The van der Waals surface area contributed by atoms with Crippen molar-refractivity contribution < 1.29 is 4.79 Å². The second kappa shape index (κ2) is 7.70. The maximum Gasteiger partial charge on any atom is 0.246 e. The fourth-order valence-electron chi connectivity index (χ4n) is 2.84. The van der Waals surface area contributed by atoms with Crippen molar-refractivity contribution in [1.29, 1.82) is 0 Å². The Morgan fingerprint density at radius 1 is 1.27 bits per heavy atom. The molecule has 0 saturated carbocycles. The van der Waals surface area contributed by atoms with Gasteiger partial charge < -0.3 is 10.2 Å². The van der Waals surface area contributed by atoms with E-state index in [9.17, 15) is 4.79 Å². The first-order valence-electron chi connectivity index (χ1n) is 8.51. The molecule has 0 saturated heterocycles. The van der Waals surface area contributed by atoms with Crippen LogP contribution in [0, 0.1) is 6.92 Å². The lowest BCUT2D eigenvalue weighted by molar-refractivity contribution is -0.116. The average molecular weight is 373 g/mol. The Hall–Kier alpha value is -2.67. The minimum atomic E-state index is -0.191. The van der Waals surface area contributed by atoms with Crippen LogP contribution in [0.15, 0.2) is 30.7 Å². The van der Waals surface area contributed by atoms with Gasteiger partial charge in [-0.15, -0.1) is 0 Å². The van der Waals surface area contributed by atoms with E-state index in [0.29, 0.717) is 16.4 Å². The van der Waals surface area contributed by atoms with Gasteiger partial charge in [-0.05, 0) is 38.5 Å². The third-order valence-corrected chi connectivity index (χ3v) is 4.72. The molecule has 0 radical (unpaired) electrons. The number of nitrogens with zero attached hydrogens (tertiary/aromatic N) is 5. The molecule has 26 heavy (non-hydrogen) atoms. The number of amides is 1. The van der Waals surface area contributed by atoms with Gasteiger partial charge in [0.15, 0.2) is 5.65 Å². The van der Waals surface area contributed by atoms with E-state index in [1.54, 1.807) is 23.0 Å². The Morgan fingerprint density at radius 2 is 2.04 bits per heavy atom. The summed E-state index contributed by atoms with van der Waals surface area (Å²) in [5.41, 5.74) is 2.16. The number of carbonyl (C=O) groups excluding carboxylic acids is 1. The predicted octanol–water partition coefficient (Wildman–Crippen LogP) is 3.27. The number of halogens is 1. The molecule has 3 rings (SSSR count). The zero-order chi connectivity index (χ0) is 18.7. The number of nitrogens with one attached hydrogen (secondary N) is 1. The zero-order valence-electron chi connectivity index (χ0n) is 15.0. The van der Waals surface area contributed by atoms with Gasteiger partial charge in [0.05, 0.1) is 11.6 Å². The van der Waals surface area contributed by atoms with Crippen LogP contribution < -0.4 is 10.2 Å². The smallest absolute Gasteiger partial charge is 0.246 e. The molecule has 2 aromatic heterocycles. The largest absolute Gasteiger partial charge is 0.356 e. The molecule has 0 aliphatic heterocycles. The number of benzene rings is 1. The molecule has 136 valence electrons. The van der Waals surface area contributed by atoms with E-state index in [-0.39, 0.29) is 12.5 Å². The first-order chi connectivity index (χ1) is 12.5. The maximum absolute atomic E-state index is 12.4. The molecule has 0 fully saturated rings.